The first-order chi connectivity index (χ1) is 47.0. The molecule has 26 nitrogen and oxygen atoms in total. The molecule has 4 aromatic carbocycles. The van der Waals surface area contributed by atoms with Gasteiger partial charge in [0.1, 0.15) is 16.7 Å². The number of carbonyl (C=O) groups is 1. The van der Waals surface area contributed by atoms with Crippen LogP contribution < -0.4 is 4.90 Å². The molecule has 2 unspecified atom stereocenters. The molecular weight excluding hydrogens is 1300 g/mol. The van der Waals surface area contributed by atoms with Gasteiger partial charge >= 0.3 is 5.97 Å². The van der Waals surface area contributed by atoms with Gasteiger partial charge in [0.2, 0.25) is 5.69 Å². The molecule has 0 saturated heterocycles. The lowest BCUT2D eigenvalue weighted by Gasteiger charge is -2.31. The maximum absolute atomic E-state index is 12.5. The van der Waals surface area contributed by atoms with Crippen molar-refractivity contribution in [2.45, 2.75) is 53.7 Å². The van der Waals surface area contributed by atoms with Crippen molar-refractivity contribution in [2.75, 3.05) is 231 Å². The Morgan fingerprint density at radius 3 is 1.37 bits per heavy atom. The molecule has 2 aliphatic rings. The lowest BCUT2D eigenvalue weighted by Crippen LogP contribution is -2.33. The molecule has 2 aliphatic heterocycles. The second kappa shape index (κ2) is 44.1. The van der Waals surface area contributed by atoms with Gasteiger partial charge in [0.15, 0.2) is 12.3 Å². The fraction of sp³-hybridized carbons (Fsp3) is 0.594. The highest BCUT2D eigenvalue weighted by Gasteiger charge is 2.49. The number of allylic oxidation sites excluding steroid dienone is 6. The number of hydrogen-bond donors (Lipinski definition) is 2. The van der Waals surface area contributed by atoms with E-state index in [2.05, 4.69) is 35.5 Å². The third-order valence-electron chi connectivity index (χ3n) is 16.2. The zero-order valence-corrected chi connectivity index (χ0v) is 58.4. The van der Waals surface area contributed by atoms with E-state index in [9.17, 15) is 30.7 Å². The van der Waals surface area contributed by atoms with E-state index in [1.165, 1.54) is 24.3 Å². The van der Waals surface area contributed by atoms with Crippen molar-refractivity contribution in [3.05, 3.63) is 108 Å². The monoisotopic (exact) mass is 1400 g/mol. The van der Waals surface area contributed by atoms with Crippen LogP contribution >= 0.6 is 0 Å². The SMILES string of the molecule is COCCOCCOCCOCC[N+]1=C(/C=C/C=C/C=C2/N(CCOCCOCCOCCOCCC(=O)O)c3ccc4cc(S(=O)(=O)[O-])ccc4c3C2(C)CCOCCOCCOCCOC)C(C)(CCOCCOCCOCCOC)c2c1ccc1cc(S(=O)(=O)O)ccc21. The Morgan fingerprint density at radius 1 is 0.485 bits per heavy atom. The Kier molecular flexibility index (Phi) is 36.7. The summed E-state index contributed by atoms with van der Waals surface area (Å²) in [6, 6.07) is 16.7. The van der Waals surface area contributed by atoms with Gasteiger partial charge < -0.3 is 90.3 Å². The summed E-state index contributed by atoms with van der Waals surface area (Å²) >= 11 is 0. The van der Waals surface area contributed by atoms with Crippen LogP contribution in [0.25, 0.3) is 21.5 Å². The number of ether oxygens (including phenoxy) is 16. The molecule has 0 aliphatic carbocycles. The maximum atomic E-state index is 12.5. The number of carboxylic acid groups (broad SMARTS) is 1. The number of aliphatic carboxylic acids is 1. The van der Waals surface area contributed by atoms with Crippen LogP contribution in [-0.2, 0) is 112 Å². The Hall–Kier alpha value is -5.26. The highest BCUT2D eigenvalue weighted by molar-refractivity contribution is 7.86. The predicted octanol–water partition coefficient (Wildman–Crippen LogP) is 6.68. The number of methoxy groups -OCH3 is 3. The first kappa shape index (κ1) is 80.7. The molecule has 0 radical (unpaired) electrons. The number of carboxylic acids is 1. The van der Waals surface area contributed by atoms with Gasteiger partial charge in [-0.2, -0.15) is 13.0 Å². The first-order valence-corrected chi connectivity index (χ1v) is 35.6. The third-order valence-corrected chi connectivity index (χ3v) is 17.8. The summed E-state index contributed by atoms with van der Waals surface area (Å²) in [5.74, 6) is -0.927. The van der Waals surface area contributed by atoms with E-state index < -0.39 is 37.0 Å². The van der Waals surface area contributed by atoms with Crippen LogP contribution in [0.3, 0.4) is 0 Å². The number of benzene rings is 4. The minimum absolute atomic E-state index is 0.0759. The zero-order chi connectivity index (χ0) is 69.6. The standard InChI is InChI=1S/C69H100N2O24S2/c1-68(20-25-84-36-41-92-48-45-88-32-29-80-3)63(70(22-27-86-38-43-94-50-47-90-34-31-82-5)61-17-11-55-53-57(96(74,75)76)13-15-59(55)66(61)68)9-7-6-8-10-64-69(2,21-26-85-37-42-93-49-46-89-33-30-81-4)67-60-16-14-58(97(77,78)79)54-56(60)12-18-62(67)71(64)23-28-87-39-44-95-52-51-91-40-35-83-24-19-65(72)73/h6-18,53-54H,19-52H2,1-5H3,(H2-,72,73,74,75,76,77,78,79). The van der Waals surface area contributed by atoms with Gasteiger partial charge in [0.05, 0.1) is 193 Å². The van der Waals surface area contributed by atoms with Crippen LogP contribution in [0.15, 0.2) is 107 Å². The molecular formula is C69H100N2O24S2. The van der Waals surface area contributed by atoms with Crippen LogP contribution in [0.5, 0.6) is 0 Å². The Morgan fingerprint density at radius 2 is 0.897 bits per heavy atom. The fourth-order valence-corrected chi connectivity index (χ4v) is 12.4. The number of rotatable bonds is 56. The molecule has 0 spiro atoms. The molecule has 4 aromatic rings. The third kappa shape index (κ3) is 26.3. The van der Waals surface area contributed by atoms with Crippen LogP contribution in [0.2, 0.25) is 0 Å². The summed E-state index contributed by atoms with van der Waals surface area (Å²) in [6.45, 7) is 15.7. The maximum Gasteiger partial charge on any atom is 0.305 e. The average molecular weight is 1410 g/mol. The topological polar surface area (TPSA) is 303 Å². The van der Waals surface area contributed by atoms with Gasteiger partial charge in [0, 0.05) is 75.6 Å². The molecule has 0 aromatic heterocycles. The van der Waals surface area contributed by atoms with Crippen molar-refractivity contribution in [3.63, 3.8) is 0 Å². The number of hydrogen-bond acceptors (Lipinski definition) is 23. The van der Waals surface area contributed by atoms with Gasteiger partial charge in [0.25, 0.3) is 10.1 Å². The summed E-state index contributed by atoms with van der Waals surface area (Å²) in [5, 5.41) is 11.6. The lowest BCUT2D eigenvalue weighted by molar-refractivity contribution is -0.442. The zero-order valence-electron chi connectivity index (χ0n) is 56.8. The van der Waals surface area contributed by atoms with Crippen LogP contribution in [0.1, 0.15) is 44.2 Å². The van der Waals surface area contributed by atoms with Crippen molar-refractivity contribution in [1.82, 2.24) is 0 Å². The van der Waals surface area contributed by atoms with Crippen LogP contribution in [0.4, 0.5) is 11.4 Å². The van der Waals surface area contributed by atoms with E-state index in [1.807, 2.05) is 42.5 Å². The molecule has 0 bridgehead atoms. The molecule has 0 fully saturated rings. The quantitative estimate of drug-likeness (QED) is 0.0201. The van der Waals surface area contributed by atoms with Gasteiger partial charge in [-0.1, -0.05) is 36.4 Å². The molecule has 97 heavy (non-hydrogen) atoms. The fourth-order valence-electron chi connectivity index (χ4n) is 11.4. The predicted molar refractivity (Wildman–Crippen MR) is 362 cm³/mol. The normalized spacial score (nSPS) is 17.0. The number of nitrogens with zero attached hydrogens (tertiary/aromatic N) is 2. The van der Waals surface area contributed by atoms with Gasteiger partial charge in [-0.05, 0) is 96.3 Å². The highest BCUT2D eigenvalue weighted by atomic mass is 32.2. The Balaban J connectivity index is 1.32. The molecule has 28 heteroatoms. The molecule has 0 amide bonds. The van der Waals surface area contributed by atoms with Crippen molar-refractivity contribution < 1.29 is 116 Å². The molecule has 542 valence electrons. The molecule has 2 heterocycles. The van der Waals surface area contributed by atoms with Crippen LogP contribution in [0, 0.1) is 0 Å². The summed E-state index contributed by atoms with van der Waals surface area (Å²) in [4.78, 5) is 12.4. The molecule has 6 rings (SSSR count). The number of anilines is 1. The van der Waals surface area contributed by atoms with E-state index in [0.717, 1.165) is 44.7 Å². The Labute approximate surface area is 571 Å². The first-order valence-electron chi connectivity index (χ1n) is 32.7. The Bertz CT molecular complexity index is 3360. The number of fused-ring (bicyclic) bond motifs is 6. The minimum Gasteiger partial charge on any atom is -0.744 e. The summed E-state index contributed by atoms with van der Waals surface area (Å²) in [6.07, 6.45) is 11.0. The van der Waals surface area contributed by atoms with E-state index in [4.69, 9.17) is 80.9 Å². The van der Waals surface area contributed by atoms with E-state index in [-0.39, 0.29) is 36.0 Å². The van der Waals surface area contributed by atoms with Crippen molar-refractivity contribution in [3.8, 4) is 0 Å². The highest BCUT2D eigenvalue weighted by Crippen LogP contribution is 2.53. The second-order valence-corrected chi connectivity index (χ2v) is 25.6. The van der Waals surface area contributed by atoms with E-state index in [1.54, 1.807) is 33.5 Å². The van der Waals surface area contributed by atoms with E-state index in [0.29, 0.717) is 208 Å². The van der Waals surface area contributed by atoms with Gasteiger partial charge in [-0.3, -0.25) is 9.35 Å². The van der Waals surface area contributed by atoms with Crippen molar-refractivity contribution in [1.29, 1.82) is 0 Å². The minimum atomic E-state index is -4.77. The molecule has 0 saturated carbocycles. The average Bonchev–Trinajstić information content (AvgIpc) is 1.59. The van der Waals surface area contributed by atoms with Crippen molar-refractivity contribution >= 4 is 64.8 Å². The second-order valence-electron chi connectivity index (χ2n) is 22.8. The van der Waals surface area contributed by atoms with E-state index >= 15 is 0 Å². The van der Waals surface area contributed by atoms with Crippen LogP contribution in [-0.4, -0.2) is 273 Å². The largest absolute Gasteiger partial charge is 0.744 e. The summed E-state index contributed by atoms with van der Waals surface area (Å²) in [5.41, 5.74) is 3.95. The lowest BCUT2D eigenvalue weighted by atomic mass is 9.75. The smallest absolute Gasteiger partial charge is 0.305 e. The van der Waals surface area contributed by atoms with Gasteiger partial charge in [-0.25, -0.2) is 8.42 Å². The summed E-state index contributed by atoms with van der Waals surface area (Å²) < 4.78 is 165. The summed E-state index contributed by atoms with van der Waals surface area (Å²) in [7, 11) is -4.44. The molecule has 2 N–H and O–H groups in total. The van der Waals surface area contributed by atoms with Gasteiger partial charge in [-0.15, -0.1) is 0 Å². The molecule has 2 atom stereocenters. The van der Waals surface area contributed by atoms with Crippen molar-refractivity contribution in [2.24, 2.45) is 0 Å².